The van der Waals surface area contributed by atoms with Crippen LogP contribution in [0.15, 0.2) is 12.2 Å². The summed E-state index contributed by atoms with van der Waals surface area (Å²) in [5, 5.41) is 3.25. The average Bonchev–Trinajstić information content (AvgIpc) is 1.69. The Morgan fingerprint density at radius 3 is 2.00 bits per heavy atom. The van der Waals surface area contributed by atoms with E-state index < -0.39 is 0 Å². The SMILES string of the molecule is Br.C=C1CCNCC1. The Kier molecular flexibility index (Phi) is 4.19. The van der Waals surface area contributed by atoms with Gasteiger partial charge >= 0.3 is 0 Å². The number of nitrogens with one attached hydrogen (secondary N) is 1. The van der Waals surface area contributed by atoms with E-state index in [-0.39, 0.29) is 17.0 Å². The predicted molar refractivity (Wildman–Crippen MR) is 41.6 cm³/mol. The van der Waals surface area contributed by atoms with Crippen molar-refractivity contribution in [1.29, 1.82) is 0 Å². The van der Waals surface area contributed by atoms with Crippen molar-refractivity contribution >= 4 is 17.0 Å². The van der Waals surface area contributed by atoms with E-state index in [0.717, 1.165) is 13.1 Å². The standard InChI is InChI=1S/C6H11N.BrH/c1-6-2-4-7-5-3-6;/h7H,1-5H2;1H. The van der Waals surface area contributed by atoms with Crippen LogP contribution in [0.25, 0.3) is 0 Å². The highest BCUT2D eigenvalue weighted by atomic mass is 79.9. The van der Waals surface area contributed by atoms with Crippen LogP contribution in [0.3, 0.4) is 0 Å². The van der Waals surface area contributed by atoms with Crippen molar-refractivity contribution in [3.63, 3.8) is 0 Å². The van der Waals surface area contributed by atoms with Gasteiger partial charge in [0.25, 0.3) is 0 Å². The molecule has 1 fully saturated rings. The molecule has 1 N–H and O–H groups in total. The van der Waals surface area contributed by atoms with Crippen LogP contribution in [0, 0.1) is 0 Å². The van der Waals surface area contributed by atoms with E-state index in [4.69, 9.17) is 0 Å². The van der Waals surface area contributed by atoms with Gasteiger partial charge < -0.3 is 5.32 Å². The molecule has 1 saturated heterocycles. The summed E-state index contributed by atoms with van der Waals surface area (Å²) >= 11 is 0. The molecule has 48 valence electrons. The summed E-state index contributed by atoms with van der Waals surface area (Å²) in [7, 11) is 0. The van der Waals surface area contributed by atoms with Gasteiger partial charge in [-0.2, -0.15) is 0 Å². The first-order valence-electron chi connectivity index (χ1n) is 2.77. The Bertz CT molecular complexity index is 72.6. The van der Waals surface area contributed by atoms with E-state index in [1.54, 1.807) is 0 Å². The monoisotopic (exact) mass is 177 g/mol. The van der Waals surface area contributed by atoms with Gasteiger partial charge in [-0.25, -0.2) is 0 Å². The third-order valence-corrected chi connectivity index (χ3v) is 1.31. The molecule has 0 radical (unpaired) electrons. The van der Waals surface area contributed by atoms with Crippen molar-refractivity contribution in [2.75, 3.05) is 13.1 Å². The first kappa shape index (κ1) is 8.18. The molecule has 0 aromatic heterocycles. The van der Waals surface area contributed by atoms with Gasteiger partial charge in [0.05, 0.1) is 0 Å². The Labute approximate surface area is 60.9 Å². The second kappa shape index (κ2) is 4.10. The van der Waals surface area contributed by atoms with Crippen LogP contribution in [-0.2, 0) is 0 Å². The predicted octanol–water partition coefficient (Wildman–Crippen LogP) is 1.50. The van der Waals surface area contributed by atoms with Gasteiger partial charge in [0.15, 0.2) is 0 Å². The molecule has 8 heavy (non-hydrogen) atoms. The van der Waals surface area contributed by atoms with Crippen LogP contribution in [0.1, 0.15) is 12.8 Å². The van der Waals surface area contributed by atoms with Crippen LogP contribution in [-0.4, -0.2) is 13.1 Å². The van der Waals surface area contributed by atoms with Crippen molar-refractivity contribution in [2.24, 2.45) is 0 Å². The minimum atomic E-state index is 0. The Hall–Kier alpha value is 0.180. The van der Waals surface area contributed by atoms with E-state index in [1.807, 2.05) is 0 Å². The summed E-state index contributed by atoms with van der Waals surface area (Å²) in [6.45, 7) is 6.15. The van der Waals surface area contributed by atoms with Crippen LogP contribution < -0.4 is 5.32 Å². The minimum Gasteiger partial charge on any atom is -0.316 e. The Morgan fingerprint density at radius 2 is 1.75 bits per heavy atom. The first-order chi connectivity index (χ1) is 3.39. The van der Waals surface area contributed by atoms with Crippen LogP contribution in [0.5, 0.6) is 0 Å². The molecule has 1 aliphatic heterocycles. The van der Waals surface area contributed by atoms with E-state index in [0.29, 0.717) is 0 Å². The lowest BCUT2D eigenvalue weighted by Crippen LogP contribution is -2.22. The van der Waals surface area contributed by atoms with Gasteiger partial charge in [0.2, 0.25) is 0 Å². The van der Waals surface area contributed by atoms with Gasteiger partial charge in [-0.3, -0.25) is 0 Å². The molecule has 2 heteroatoms. The quantitative estimate of drug-likeness (QED) is 0.554. The fraction of sp³-hybridized carbons (Fsp3) is 0.667. The zero-order chi connectivity index (χ0) is 5.11. The number of hydrogen-bond donors (Lipinski definition) is 1. The summed E-state index contributed by atoms with van der Waals surface area (Å²) in [6.07, 6.45) is 2.36. The van der Waals surface area contributed by atoms with E-state index >= 15 is 0 Å². The Balaban J connectivity index is 0.000000490. The number of halogens is 1. The number of hydrogen-bond acceptors (Lipinski definition) is 1. The summed E-state index contributed by atoms with van der Waals surface area (Å²) in [5.74, 6) is 0. The van der Waals surface area contributed by atoms with Crippen molar-refractivity contribution < 1.29 is 0 Å². The maximum Gasteiger partial charge on any atom is -0.00116 e. The molecule has 1 aliphatic rings. The lowest BCUT2D eigenvalue weighted by molar-refractivity contribution is 0.612. The Morgan fingerprint density at radius 1 is 1.25 bits per heavy atom. The van der Waals surface area contributed by atoms with Crippen molar-refractivity contribution in [1.82, 2.24) is 5.32 Å². The highest BCUT2D eigenvalue weighted by Crippen LogP contribution is 2.04. The summed E-state index contributed by atoms with van der Waals surface area (Å²) < 4.78 is 0. The smallest absolute Gasteiger partial charge is 0.00116 e. The lowest BCUT2D eigenvalue weighted by Gasteiger charge is -2.12. The molecule has 0 aliphatic carbocycles. The van der Waals surface area contributed by atoms with Gasteiger partial charge in [-0.15, -0.1) is 17.0 Å². The van der Waals surface area contributed by atoms with Crippen LogP contribution in [0.2, 0.25) is 0 Å². The third kappa shape index (κ3) is 2.48. The molecular formula is C6H12BrN. The molecule has 0 saturated carbocycles. The van der Waals surface area contributed by atoms with Crippen molar-refractivity contribution in [2.45, 2.75) is 12.8 Å². The van der Waals surface area contributed by atoms with Crippen molar-refractivity contribution in [3.05, 3.63) is 12.2 Å². The second-order valence-electron chi connectivity index (χ2n) is 2.00. The van der Waals surface area contributed by atoms with Crippen LogP contribution in [0.4, 0.5) is 0 Å². The molecule has 0 aromatic rings. The van der Waals surface area contributed by atoms with Gasteiger partial charge in [-0.1, -0.05) is 12.2 Å². The molecule has 1 rings (SSSR count). The minimum absolute atomic E-state index is 0. The van der Waals surface area contributed by atoms with Crippen molar-refractivity contribution in [3.8, 4) is 0 Å². The summed E-state index contributed by atoms with van der Waals surface area (Å²) in [4.78, 5) is 0. The fourth-order valence-corrected chi connectivity index (χ4v) is 0.780. The van der Waals surface area contributed by atoms with E-state index in [9.17, 15) is 0 Å². The molecule has 0 aromatic carbocycles. The third-order valence-electron chi connectivity index (χ3n) is 1.31. The molecule has 0 atom stereocenters. The van der Waals surface area contributed by atoms with Crippen LogP contribution >= 0.6 is 17.0 Å². The molecular weight excluding hydrogens is 166 g/mol. The van der Waals surface area contributed by atoms with Gasteiger partial charge in [0, 0.05) is 0 Å². The lowest BCUT2D eigenvalue weighted by atomic mass is 10.1. The second-order valence-corrected chi connectivity index (χ2v) is 2.00. The molecule has 0 bridgehead atoms. The maximum absolute atomic E-state index is 3.87. The maximum atomic E-state index is 3.87. The highest BCUT2D eigenvalue weighted by molar-refractivity contribution is 8.93. The van der Waals surface area contributed by atoms with E-state index in [2.05, 4.69) is 11.9 Å². The molecule has 0 amide bonds. The zero-order valence-corrected chi connectivity index (χ0v) is 6.66. The number of piperidine rings is 1. The zero-order valence-electron chi connectivity index (χ0n) is 4.94. The molecule has 1 heterocycles. The largest absolute Gasteiger partial charge is 0.316 e. The summed E-state index contributed by atoms with van der Waals surface area (Å²) in [6, 6.07) is 0. The molecule has 0 spiro atoms. The normalized spacial score (nSPS) is 19.8. The molecule has 1 nitrogen and oxygen atoms in total. The fourth-order valence-electron chi connectivity index (χ4n) is 0.780. The first-order valence-corrected chi connectivity index (χ1v) is 2.77. The summed E-state index contributed by atoms with van der Waals surface area (Å²) in [5.41, 5.74) is 1.40. The molecule has 0 unspecified atom stereocenters. The van der Waals surface area contributed by atoms with E-state index in [1.165, 1.54) is 18.4 Å². The topological polar surface area (TPSA) is 12.0 Å². The average molecular weight is 178 g/mol. The highest BCUT2D eigenvalue weighted by Gasteiger charge is 1.98. The van der Waals surface area contributed by atoms with Gasteiger partial charge in [0.1, 0.15) is 0 Å². The number of rotatable bonds is 0. The van der Waals surface area contributed by atoms with Gasteiger partial charge in [-0.05, 0) is 25.9 Å².